The lowest BCUT2D eigenvalue weighted by Crippen LogP contribution is -2.67. The van der Waals surface area contributed by atoms with E-state index in [4.69, 9.17) is 4.74 Å². The van der Waals surface area contributed by atoms with E-state index in [9.17, 15) is 18.8 Å². The van der Waals surface area contributed by atoms with Crippen molar-refractivity contribution in [2.45, 2.75) is 167 Å². The SMILES string of the molecule is CC1(C)C(C2=CC[C@H](COc3ncccc3C#N)CC2)=CC[C@@]2(C)C1CC[C@]1(C)C2CC[C@@H]2[C@H]3CCC[C@]3(NCCC3(O)CCC(S(C)(=O)=O)CC3)CC[C@]21C. The number of nitriles is 1. The van der Waals surface area contributed by atoms with Gasteiger partial charge in [-0.05, 0) is 190 Å². The molecule has 56 heavy (non-hydrogen) atoms. The minimum absolute atomic E-state index is 0.141. The Hall–Kier alpha value is -2.21. The molecule has 5 fully saturated rings. The third-order valence-electron chi connectivity index (χ3n) is 18.7. The molecule has 1 aromatic heterocycles. The smallest absolute Gasteiger partial charge is 0.231 e. The summed E-state index contributed by atoms with van der Waals surface area (Å²) in [6.07, 6.45) is 27.6. The Morgan fingerprint density at radius 1 is 0.911 bits per heavy atom. The number of fused-ring (bicyclic) bond motifs is 7. The number of sulfone groups is 1. The zero-order valence-corrected chi connectivity index (χ0v) is 36.3. The van der Waals surface area contributed by atoms with Crippen LogP contribution in [-0.2, 0) is 9.84 Å². The van der Waals surface area contributed by atoms with Crippen molar-refractivity contribution in [3.63, 3.8) is 0 Å². The predicted octanol–water partition coefficient (Wildman–Crippen LogP) is 9.90. The molecular formula is C48H71N3O4S. The predicted molar refractivity (Wildman–Crippen MR) is 224 cm³/mol. The first-order valence-electron chi connectivity index (χ1n) is 22.5. The third kappa shape index (κ3) is 6.65. The average molecular weight is 786 g/mol. The summed E-state index contributed by atoms with van der Waals surface area (Å²) in [5.74, 6) is 3.77. The Labute approximate surface area is 338 Å². The molecule has 0 radical (unpaired) electrons. The van der Waals surface area contributed by atoms with Crippen molar-refractivity contribution in [2.24, 2.45) is 51.2 Å². The van der Waals surface area contributed by atoms with Gasteiger partial charge in [-0.3, -0.25) is 0 Å². The van der Waals surface area contributed by atoms with E-state index in [1.54, 1.807) is 29.5 Å². The Morgan fingerprint density at radius 2 is 1.70 bits per heavy atom. The third-order valence-corrected chi connectivity index (χ3v) is 20.4. The summed E-state index contributed by atoms with van der Waals surface area (Å²) in [5, 5.41) is 24.8. The molecule has 0 amide bonds. The van der Waals surface area contributed by atoms with E-state index in [0.717, 1.165) is 44.1 Å². The molecule has 0 aliphatic heterocycles. The van der Waals surface area contributed by atoms with Crippen LogP contribution < -0.4 is 10.1 Å². The van der Waals surface area contributed by atoms with Crippen molar-refractivity contribution < 1.29 is 18.3 Å². The summed E-state index contributed by atoms with van der Waals surface area (Å²) in [5.41, 5.74) is 4.26. The highest BCUT2D eigenvalue weighted by molar-refractivity contribution is 7.91. The second kappa shape index (κ2) is 14.5. The fraction of sp³-hybridized carbons (Fsp3) is 0.792. The lowest BCUT2D eigenvalue weighted by Gasteiger charge is -2.72. The number of ether oxygens (including phenoxy) is 1. The van der Waals surface area contributed by atoms with Gasteiger partial charge in [-0.1, -0.05) is 53.2 Å². The van der Waals surface area contributed by atoms with Gasteiger partial charge >= 0.3 is 0 Å². The van der Waals surface area contributed by atoms with Gasteiger partial charge in [0.25, 0.3) is 0 Å². The van der Waals surface area contributed by atoms with E-state index in [2.05, 4.69) is 63.1 Å². The van der Waals surface area contributed by atoms with E-state index in [0.29, 0.717) is 77.7 Å². The molecule has 5 saturated carbocycles. The second-order valence-electron chi connectivity index (χ2n) is 21.4. The van der Waals surface area contributed by atoms with Gasteiger partial charge in [0.2, 0.25) is 5.88 Å². The highest BCUT2D eigenvalue weighted by Gasteiger charge is 2.69. The van der Waals surface area contributed by atoms with Crippen LogP contribution in [0.1, 0.15) is 156 Å². The number of aromatic nitrogens is 1. The number of nitrogens with one attached hydrogen (secondary N) is 1. The molecule has 9 atom stereocenters. The minimum atomic E-state index is -3.04. The summed E-state index contributed by atoms with van der Waals surface area (Å²) in [6.45, 7) is 14.8. The van der Waals surface area contributed by atoms with Crippen molar-refractivity contribution in [1.29, 1.82) is 5.26 Å². The summed E-state index contributed by atoms with van der Waals surface area (Å²) in [4.78, 5) is 4.30. The number of aliphatic hydroxyl groups is 1. The number of nitrogens with zero attached hydrogens (tertiary/aromatic N) is 2. The van der Waals surface area contributed by atoms with Gasteiger partial charge in [0, 0.05) is 18.0 Å². The van der Waals surface area contributed by atoms with E-state index in [1.807, 2.05) is 0 Å². The Balaban J connectivity index is 0.937. The zero-order valence-electron chi connectivity index (χ0n) is 35.5. The summed E-state index contributed by atoms with van der Waals surface area (Å²) in [7, 11) is -3.04. The Bertz CT molecular complexity index is 1870. The van der Waals surface area contributed by atoms with Gasteiger partial charge in [0.15, 0.2) is 0 Å². The van der Waals surface area contributed by atoms with E-state index < -0.39 is 15.4 Å². The van der Waals surface area contributed by atoms with E-state index in [-0.39, 0.29) is 16.2 Å². The fourth-order valence-electron chi connectivity index (χ4n) is 15.5. The van der Waals surface area contributed by atoms with Gasteiger partial charge < -0.3 is 15.2 Å². The van der Waals surface area contributed by atoms with Crippen LogP contribution in [0.15, 0.2) is 41.6 Å². The standard InChI is InChI=1S/C48H71N3O4S/c1-43(2)37(34-13-11-33(12-14-34)32-55-42-35(31-49)9-8-29-50-42)19-22-44(3)40(43)20-23-46(5)41(44)16-15-38-39-10-7-21-48(39,27-26-45(38,46)4)51-30-28-47(52)24-17-36(18-25-47)56(6,53)54/h8-9,13,19,29,33,36,38-41,51-52H,7,10-12,14-18,20-28,30,32H2,1-6H3/t33-,36?,38+,39+,40?,41?,44-,45+,46+,47?,48-/m0/s1. The molecule has 2 N–H and O–H groups in total. The molecule has 308 valence electrons. The van der Waals surface area contributed by atoms with Crippen LogP contribution in [0.25, 0.3) is 0 Å². The van der Waals surface area contributed by atoms with Crippen LogP contribution in [0.4, 0.5) is 0 Å². The highest BCUT2D eigenvalue weighted by atomic mass is 32.2. The van der Waals surface area contributed by atoms with Crippen molar-refractivity contribution in [2.75, 3.05) is 19.4 Å². The van der Waals surface area contributed by atoms with Crippen LogP contribution in [0.3, 0.4) is 0 Å². The maximum absolute atomic E-state index is 12.1. The lowest BCUT2D eigenvalue weighted by atomic mass is 9.33. The van der Waals surface area contributed by atoms with E-state index >= 15 is 0 Å². The molecule has 0 aromatic carbocycles. The Kier molecular flexibility index (Phi) is 10.5. The summed E-state index contributed by atoms with van der Waals surface area (Å²) >= 11 is 0. The maximum atomic E-state index is 12.1. The van der Waals surface area contributed by atoms with Crippen molar-refractivity contribution in [3.05, 3.63) is 47.2 Å². The van der Waals surface area contributed by atoms with E-state index in [1.165, 1.54) is 70.5 Å². The number of pyridine rings is 1. The monoisotopic (exact) mass is 786 g/mol. The topological polar surface area (TPSA) is 112 Å². The van der Waals surface area contributed by atoms with Crippen LogP contribution >= 0.6 is 0 Å². The maximum Gasteiger partial charge on any atom is 0.231 e. The van der Waals surface area contributed by atoms with Crippen molar-refractivity contribution in [3.8, 4) is 11.9 Å². The number of rotatable bonds is 9. The molecule has 1 aromatic rings. The fourth-order valence-corrected chi connectivity index (χ4v) is 16.5. The second-order valence-corrected chi connectivity index (χ2v) is 23.8. The largest absolute Gasteiger partial charge is 0.476 e. The van der Waals surface area contributed by atoms with Crippen LogP contribution in [0, 0.1) is 62.6 Å². The highest BCUT2D eigenvalue weighted by Crippen LogP contribution is 2.76. The zero-order chi connectivity index (χ0) is 39.8. The molecule has 7 aliphatic carbocycles. The average Bonchev–Trinajstić information content (AvgIpc) is 3.58. The molecule has 0 bridgehead atoms. The molecular weight excluding hydrogens is 715 g/mol. The van der Waals surface area contributed by atoms with Gasteiger partial charge in [0.05, 0.1) is 17.5 Å². The van der Waals surface area contributed by atoms with Gasteiger partial charge in [-0.15, -0.1) is 0 Å². The number of hydrogen-bond donors (Lipinski definition) is 2. The first kappa shape index (κ1) is 40.6. The molecule has 7 aliphatic rings. The first-order chi connectivity index (χ1) is 26.5. The quantitative estimate of drug-likeness (QED) is 0.256. The molecule has 8 heteroatoms. The summed E-state index contributed by atoms with van der Waals surface area (Å²) in [6, 6.07) is 5.76. The molecule has 2 unspecified atom stereocenters. The number of allylic oxidation sites excluding steroid dienone is 4. The molecule has 8 rings (SSSR count). The molecule has 1 heterocycles. The van der Waals surface area contributed by atoms with Crippen LogP contribution in [0.5, 0.6) is 5.88 Å². The molecule has 0 spiro atoms. The normalized spacial score (nSPS) is 43.2. The van der Waals surface area contributed by atoms with Crippen molar-refractivity contribution in [1.82, 2.24) is 10.3 Å². The van der Waals surface area contributed by atoms with Crippen LogP contribution in [0.2, 0.25) is 0 Å². The molecule has 7 nitrogen and oxygen atoms in total. The minimum Gasteiger partial charge on any atom is -0.476 e. The van der Waals surface area contributed by atoms with Gasteiger partial charge in [-0.25, -0.2) is 13.4 Å². The number of hydrogen-bond acceptors (Lipinski definition) is 7. The first-order valence-corrected chi connectivity index (χ1v) is 24.5. The summed E-state index contributed by atoms with van der Waals surface area (Å²) < 4.78 is 30.3. The Morgan fingerprint density at radius 3 is 2.41 bits per heavy atom. The van der Waals surface area contributed by atoms with Gasteiger partial charge in [-0.2, -0.15) is 5.26 Å². The van der Waals surface area contributed by atoms with Crippen molar-refractivity contribution >= 4 is 9.84 Å². The molecule has 0 saturated heterocycles. The van der Waals surface area contributed by atoms with Crippen LogP contribution in [-0.4, -0.2) is 54.3 Å². The van der Waals surface area contributed by atoms with Gasteiger partial charge in [0.1, 0.15) is 21.5 Å². The lowest BCUT2D eigenvalue weighted by molar-refractivity contribution is -0.218.